The van der Waals surface area contributed by atoms with Crippen LogP contribution in [-0.2, 0) is 13.1 Å². The van der Waals surface area contributed by atoms with Gasteiger partial charge < -0.3 is 9.47 Å². The Morgan fingerprint density at radius 3 is 2.73 bits per heavy atom. The predicted octanol–water partition coefficient (Wildman–Crippen LogP) is 1.42. The zero-order valence-electron chi connectivity index (χ0n) is 15.2. The zero-order valence-corrected chi connectivity index (χ0v) is 15.2. The first-order valence-corrected chi connectivity index (χ1v) is 9.03. The number of rotatable bonds is 5. The molecule has 136 valence electrons. The van der Waals surface area contributed by atoms with Crippen LogP contribution in [0.4, 0.5) is 5.82 Å². The Morgan fingerprint density at radius 2 is 2.04 bits per heavy atom. The first-order chi connectivity index (χ1) is 12.7. The lowest BCUT2D eigenvalue weighted by molar-refractivity contribution is 0.461. The van der Waals surface area contributed by atoms with Crippen LogP contribution in [0.1, 0.15) is 43.2 Å². The molecule has 0 bridgehead atoms. The third-order valence-electron chi connectivity index (χ3n) is 4.89. The van der Waals surface area contributed by atoms with Crippen molar-refractivity contribution in [1.82, 2.24) is 39.5 Å². The van der Waals surface area contributed by atoms with Crippen LogP contribution in [0.5, 0.6) is 0 Å². The summed E-state index contributed by atoms with van der Waals surface area (Å²) in [5.41, 5.74) is 0. The lowest BCUT2D eigenvalue weighted by Crippen LogP contribution is -2.34. The fraction of sp³-hybridized carbons (Fsp3) is 0.529. The molecule has 1 aliphatic rings. The highest BCUT2D eigenvalue weighted by Crippen LogP contribution is 2.29. The smallest absolute Gasteiger partial charge is 0.154 e. The minimum Gasteiger partial charge on any atom is -0.356 e. The van der Waals surface area contributed by atoms with E-state index in [0.717, 1.165) is 55.8 Å². The molecule has 9 heteroatoms. The van der Waals surface area contributed by atoms with E-state index in [4.69, 9.17) is 0 Å². The Balaban J connectivity index is 1.46. The third kappa shape index (κ3) is 3.29. The van der Waals surface area contributed by atoms with E-state index < -0.39 is 0 Å². The van der Waals surface area contributed by atoms with E-state index in [0.29, 0.717) is 12.5 Å². The summed E-state index contributed by atoms with van der Waals surface area (Å²) in [6.45, 7) is 7.46. The van der Waals surface area contributed by atoms with Crippen molar-refractivity contribution in [3.05, 3.63) is 42.4 Å². The van der Waals surface area contributed by atoms with E-state index in [2.05, 4.69) is 46.6 Å². The molecule has 1 fully saturated rings. The van der Waals surface area contributed by atoms with Crippen molar-refractivity contribution in [3.63, 3.8) is 0 Å². The highest BCUT2D eigenvalue weighted by Gasteiger charge is 2.26. The van der Waals surface area contributed by atoms with Gasteiger partial charge in [-0.1, -0.05) is 0 Å². The summed E-state index contributed by atoms with van der Waals surface area (Å²) >= 11 is 0. The largest absolute Gasteiger partial charge is 0.356 e. The van der Waals surface area contributed by atoms with Crippen molar-refractivity contribution < 1.29 is 0 Å². The third-order valence-corrected chi connectivity index (χ3v) is 4.89. The normalized spacial score (nSPS) is 15.5. The van der Waals surface area contributed by atoms with Gasteiger partial charge in [-0.25, -0.2) is 19.6 Å². The molecule has 0 N–H and O–H groups in total. The number of aromatic nitrogens is 8. The van der Waals surface area contributed by atoms with E-state index in [1.54, 1.807) is 11.0 Å². The van der Waals surface area contributed by atoms with Gasteiger partial charge in [-0.05, 0) is 32.8 Å². The number of aryl methyl sites for hydroxylation is 1. The average Bonchev–Trinajstić information content (AvgIpc) is 3.32. The van der Waals surface area contributed by atoms with Crippen LogP contribution in [0.3, 0.4) is 0 Å². The maximum Gasteiger partial charge on any atom is 0.154 e. The van der Waals surface area contributed by atoms with Crippen LogP contribution >= 0.6 is 0 Å². The first kappa shape index (κ1) is 16.6. The van der Waals surface area contributed by atoms with E-state index >= 15 is 0 Å². The topological polar surface area (TPSA) is 90.4 Å². The van der Waals surface area contributed by atoms with Crippen molar-refractivity contribution >= 4 is 5.82 Å². The maximum atomic E-state index is 4.54. The highest BCUT2D eigenvalue weighted by molar-refractivity contribution is 5.38. The van der Waals surface area contributed by atoms with Gasteiger partial charge in [0, 0.05) is 31.7 Å². The second-order valence-electron chi connectivity index (χ2n) is 6.54. The monoisotopic (exact) mass is 353 g/mol. The Morgan fingerprint density at radius 1 is 1.19 bits per heavy atom. The molecular weight excluding hydrogens is 330 g/mol. The van der Waals surface area contributed by atoms with Gasteiger partial charge >= 0.3 is 0 Å². The van der Waals surface area contributed by atoms with E-state index in [9.17, 15) is 0 Å². The molecule has 1 aliphatic heterocycles. The van der Waals surface area contributed by atoms with Crippen molar-refractivity contribution in [2.24, 2.45) is 0 Å². The molecule has 0 aromatic carbocycles. The van der Waals surface area contributed by atoms with E-state index in [1.807, 2.05) is 19.2 Å². The lowest BCUT2D eigenvalue weighted by Gasteiger charge is -2.32. The molecule has 0 radical (unpaired) electrons. The van der Waals surface area contributed by atoms with Crippen molar-refractivity contribution in [2.45, 2.75) is 45.7 Å². The van der Waals surface area contributed by atoms with Crippen LogP contribution in [-0.4, -0.2) is 52.6 Å². The van der Waals surface area contributed by atoms with Gasteiger partial charge in [0.15, 0.2) is 5.82 Å². The summed E-state index contributed by atoms with van der Waals surface area (Å²) in [6, 6.07) is 1.98. The quantitative estimate of drug-likeness (QED) is 0.685. The molecule has 4 rings (SSSR count). The molecule has 26 heavy (non-hydrogen) atoms. The summed E-state index contributed by atoms with van der Waals surface area (Å²) in [6.07, 6.45) is 7.16. The molecule has 0 spiro atoms. The molecule has 0 unspecified atom stereocenters. The summed E-state index contributed by atoms with van der Waals surface area (Å²) in [5.74, 6) is 4.27. The molecule has 0 saturated carbocycles. The molecule has 0 aliphatic carbocycles. The minimum atomic E-state index is 0.422. The van der Waals surface area contributed by atoms with Gasteiger partial charge in [-0.2, -0.15) is 5.10 Å². The number of hydrogen-bond donors (Lipinski definition) is 0. The lowest BCUT2D eigenvalue weighted by atomic mass is 9.96. The molecule has 4 heterocycles. The van der Waals surface area contributed by atoms with E-state index in [-0.39, 0.29) is 0 Å². The second-order valence-corrected chi connectivity index (χ2v) is 6.54. The SMILES string of the molecule is CCn1c(Cn2cncn2)nnc1C1CCN(c2ccnc(C)n2)CC1. The Kier molecular flexibility index (Phi) is 4.59. The standard InChI is InChI=1S/C17H23N9/c1-3-26-16(10-25-12-18-11-20-25)22-23-17(26)14-5-8-24(9-6-14)15-4-7-19-13(2)21-15/h4,7,11-12,14H,3,5-6,8-10H2,1-2H3. The molecule has 0 atom stereocenters. The van der Waals surface area contributed by atoms with Crippen LogP contribution in [0, 0.1) is 6.92 Å². The van der Waals surface area contributed by atoms with Gasteiger partial charge in [0.2, 0.25) is 0 Å². The fourth-order valence-electron chi connectivity index (χ4n) is 3.56. The first-order valence-electron chi connectivity index (χ1n) is 9.03. The maximum absolute atomic E-state index is 4.54. The summed E-state index contributed by atoms with van der Waals surface area (Å²) in [5, 5.41) is 13.1. The van der Waals surface area contributed by atoms with Gasteiger partial charge in [0.1, 0.15) is 36.7 Å². The molecule has 3 aromatic heterocycles. The number of piperidine rings is 1. The van der Waals surface area contributed by atoms with Crippen LogP contribution < -0.4 is 4.90 Å². The zero-order chi connectivity index (χ0) is 17.9. The summed E-state index contributed by atoms with van der Waals surface area (Å²) < 4.78 is 4.00. The van der Waals surface area contributed by atoms with Crippen LogP contribution in [0.25, 0.3) is 0 Å². The molecule has 3 aromatic rings. The Bertz CT molecular complexity index is 847. The van der Waals surface area contributed by atoms with Crippen molar-refractivity contribution in [3.8, 4) is 0 Å². The van der Waals surface area contributed by atoms with Gasteiger partial charge in [-0.15, -0.1) is 10.2 Å². The van der Waals surface area contributed by atoms with Crippen molar-refractivity contribution in [1.29, 1.82) is 0 Å². The molecular formula is C17H23N9. The summed E-state index contributed by atoms with van der Waals surface area (Å²) in [7, 11) is 0. The minimum absolute atomic E-state index is 0.422. The predicted molar refractivity (Wildman–Crippen MR) is 95.8 cm³/mol. The fourth-order valence-corrected chi connectivity index (χ4v) is 3.56. The number of nitrogens with zero attached hydrogens (tertiary/aromatic N) is 9. The van der Waals surface area contributed by atoms with Crippen LogP contribution in [0.15, 0.2) is 24.9 Å². The van der Waals surface area contributed by atoms with Gasteiger partial charge in [-0.3, -0.25) is 0 Å². The number of hydrogen-bond acceptors (Lipinski definition) is 7. The average molecular weight is 353 g/mol. The summed E-state index contributed by atoms with van der Waals surface area (Å²) in [4.78, 5) is 15.0. The number of anilines is 1. The van der Waals surface area contributed by atoms with Crippen LogP contribution in [0.2, 0.25) is 0 Å². The van der Waals surface area contributed by atoms with Gasteiger partial charge in [0.05, 0.1) is 0 Å². The molecule has 0 amide bonds. The van der Waals surface area contributed by atoms with Gasteiger partial charge in [0.25, 0.3) is 0 Å². The van der Waals surface area contributed by atoms with E-state index in [1.165, 1.54) is 6.33 Å². The highest BCUT2D eigenvalue weighted by atomic mass is 15.4. The Labute approximate surface area is 152 Å². The molecule has 1 saturated heterocycles. The second kappa shape index (κ2) is 7.19. The Hall–Kier alpha value is -2.84. The molecule has 9 nitrogen and oxygen atoms in total. The van der Waals surface area contributed by atoms with Crippen molar-refractivity contribution in [2.75, 3.05) is 18.0 Å².